The molecule has 0 radical (unpaired) electrons. The molecule has 0 aliphatic carbocycles. The van der Waals surface area contributed by atoms with Gasteiger partial charge in [0.2, 0.25) is 0 Å². The van der Waals surface area contributed by atoms with Crippen molar-refractivity contribution in [3.8, 4) is 5.75 Å². The Bertz CT molecular complexity index is 317. The Kier molecular flexibility index (Phi) is 2.52. The van der Waals surface area contributed by atoms with Gasteiger partial charge in [-0.2, -0.15) is 0 Å². The van der Waals surface area contributed by atoms with Gasteiger partial charge in [0.15, 0.2) is 11.6 Å². The highest BCUT2D eigenvalue weighted by Gasteiger charge is 2.14. The molecule has 0 aromatic heterocycles. The molecule has 0 saturated heterocycles. The van der Waals surface area contributed by atoms with E-state index in [4.69, 9.17) is 10.5 Å². The molecule has 12 heavy (non-hydrogen) atoms. The molecule has 5 heteroatoms. The summed E-state index contributed by atoms with van der Waals surface area (Å²) in [5.74, 6) is -1.99. The first kappa shape index (κ1) is 9.25. The summed E-state index contributed by atoms with van der Waals surface area (Å²) in [6, 6.07) is 1.27. The smallest absolute Gasteiger partial charge is 0.186 e. The normalized spacial score (nSPS) is 10.0. The van der Waals surface area contributed by atoms with Gasteiger partial charge in [0.25, 0.3) is 0 Å². The van der Waals surface area contributed by atoms with E-state index in [0.29, 0.717) is 0 Å². The summed E-state index contributed by atoms with van der Waals surface area (Å²) in [4.78, 5) is 0. The number of hydrogen-bond donors (Lipinski definition) is 1. The quantitative estimate of drug-likeness (QED) is 0.601. The molecule has 0 fully saturated rings. The predicted molar refractivity (Wildman–Crippen MR) is 45.0 cm³/mol. The molecule has 66 valence electrons. The fourth-order valence-electron chi connectivity index (χ4n) is 0.756. The first-order chi connectivity index (χ1) is 5.57. The second-order valence-electron chi connectivity index (χ2n) is 2.10. The van der Waals surface area contributed by atoms with E-state index in [-0.39, 0.29) is 15.9 Å². The topological polar surface area (TPSA) is 35.2 Å². The third kappa shape index (κ3) is 1.36. The SMILES string of the molecule is COc1cc(Br)c(F)c(F)c1N. The number of ether oxygens (including phenoxy) is 1. The second kappa shape index (κ2) is 3.26. The van der Waals surface area contributed by atoms with Crippen LogP contribution in [0.2, 0.25) is 0 Å². The Balaban J connectivity index is 3.39. The molecule has 0 atom stereocenters. The van der Waals surface area contributed by atoms with Crippen molar-refractivity contribution in [3.05, 3.63) is 22.2 Å². The molecule has 0 aliphatic heterocycles. The minimum absolute atomic E-state index is 0.00829. The van der Waals surface area contributed by atoms with Gasteiger partial charge >= 0.3 is 0 Å². The number of benzene rings is 1. The van der Waals surface area contributed by atoms with Crippen LogP contribution < -0.4 is 10.5 Å². The van der Waals surface area contributed by atoms with Crippen molar-refractivity contribution < 1.29 is 13.5 Å². The summed E-state index contributed by atoms with van der Waals surface area (Å²) in [7, 11) is 1.33. The van der Waals surface area contributed by atoms with Gasteiger partial charge < -0.3 is 10.5 Å². The molecule has 0 unspecified atom stereocenters. The molecule has 0 heterocycles. The number of hydrogen-bond acceptors (Lipinski definition) is 2. The van der Waals surface area contributed by atoms with Gasteiger partial charge in [-0.25, -0.2) is 8.78 Å². The fourth-order valence-corrected chi connectivity index (χ4v) is 1.14. The summed E-state index contributed by atoms with van der Waals surface area (Å²) < 4.78 is 30.3. The maximum absolute atomic E-state index is 12.8. The van der Waals surface area contributed by atoms with E-state index in [1.165, 1.54) is 13.2 Å². The van der Waals surface area contributed by atoms with Crippen molar-refractivity contribution in [1.82, 2.24) is 0 Å². The number of nitrogen functional groups attached to an aromatic ring is 1. The maximum Gasteiger partial charge on any atom is 0.186 e. The number of rotatable bonds is 1. The van der Waals surface area contributed by atoms with Crippen LogP contribution in [0.5, 0.6) is 5.75 Å². The van der Waals surface area contributed by atoms with E-state index in [0.717, 1.165) is 0 Å². The van der Waals surface area contributed by atoms with E-state index in [9.17, 15) is 8.78 Å². The third-order valence-corrected chi connectivity index (χ3v) is 1.96. The third-order valence-electron chi connectivity index (χ3n) is 1.38. The fraction of sp³-hybridized carbons (Fsp3) is 0.143. The standard InChI is InChI=1S/C7H6BrF2NO/c1-12-4-2-3(8)5(9)6(10)7(4)11/h2H,11H2,1H3. The number of methoxy groups -OCH3 is 1. The highest BCUT2D eigenvalue weighted by atomic mass is 79.9. The monoisotopic (exact) mass is 237 g/mol. The molecule has 1 aromatic rings. The lowest BCUT2D eigenvalue weighted by Crippen LogP contribution is -1.99. The average Bonchev–Trinajstić information content (AvgIpc) is 2.08. The molecule has 0 spiro atoms. The molecule has 0 saturated carbocycles. The summed E-state index contributed by atoms with van der Waals surface area (Å²) in [5.41, 5.74) is 4.88. The van der Waals surface area contributed by atoms with Crippen LogP contribution in [0.1, 0.15) is 0 Å². The van der Waals surface area contributed by atoms with E-state index < -0.39 is 11.6 Å². The van der Waals surface area contributed by atoms with Crippen LogP contribution in [-0.2, 0) is 0 Å². The highest BCUT2D eigenvalue weighted by molar-refractivity contribution is 9.10. The van der Waals surface area contributed by atoms with Crippen molar-refractivity contribution >= 4 is 21.6 Å². The van der Waals surface area contributed by atoms with Crippen LogP contribution in [0.15, 0.2) is 10.5 Å². The summed E-state index contributed by atoms with van der Waals surface area (Å²) in [5, 5.41) is 0. The Hall–Kier alpha value is -0.840. The molecule has 1 rings (SSSR count). The summed E-state index contributed by atoms with van der Waals surface area (Å²) in [6.07, 6.45) is 0. The van der Waals surface area contributed by atoms with Crippen molar-refractivity contribution in [1.29, 1.82) is 0 Å². The molecular formula is C7H6BrF2NO. The van der Waals surface area contributed by atoms with Crippen LogP contribution in [0.25, 0.3) is 0 Å². The highest BCUT2D eigenvalue weighted by Crippen LogP contribution is 2.31. The first-order valence-corrected chi connectivity index (χ1v) is 3.84. The lowest BCUT2D eigenvalue weighted by molar-refractivity contribution is 0.409. The molecule has 1 aromatic carbocycles. The lowest BCUT2D eigenvalue weighted by atomic mass is 10.3. The zero-order chi connectivity index (χ0) is 9.30. The van der Waals surface area contributed by atoms with Crippen molar-refractivity contribution in [3.63, 3.8) is 0 Å². The Morgan fingerprint density at radius 1 is 1.42 bits per heavy atom. The number of anilines is 1. The minimum Gasteiger partial charge on any atom is -0.494 e. The molecule has 2 nitrogen and oxygen atoms in total. The van der Waals surface area contributed by atoms with Crippen LogP contribution in [0.4, 0.5) is 14.5 Å². The summed E-state index contributed by atoms with van der Waals surface area (Å²) >= 11 is 2.82. The van der Waals surface area contributed by atoms with Crippen molar-refractivity contribution in [2.75, 3.05) is 12.8 Å². The van der Waals surface area contributed by atoms with Gasteiger partial charge in [-0.15, -0.1) is 0 Å². The average molecular weight is 238 g/mol. The van der Waals surface area contributed by atoms with Crippen molar-refractivity contribution in [2.24, 2.45) is 0 Å². The zero-order valence-electron chi connectivity index (χ0n) is 6.20. The van der Waals surface area contributed by atoms with Gasteiger partial charge in [-0.05, 0) is 22.0 Å². The molecule has 2 N–H and O–H groups in total. The lowest BCUT2D eigenvalue weighted by Gasteiger charge is -2.06. The van der Waals surface area contributed by atoms with E-state index in [1.807, 2.05) is 0 Å². The van der Waals surface area contributed by atoms with Crippen molar-refractivity contribution in [2.45, 2.75) is 0 Å². The predicted octanol–water partition coefficient (Wildman–Crippen LogP) is 2.32. The number of nitrogens with two attached hydrogens (primary N) is 1. The van der Waals surface area contributed by atoms with Gasteiger partial charge in [0.05, 0.1) is 11.6 Å². The number of halogens is 3. The van der Waals surface area contributed by atoms with Gasteiger partial charge in [0.1, 0.15) is 11.4 Å². The van der Waals surface area contributed by atoms with E-state index >= 15 is 0 Å². The first-order valence-electron chi connectivity index (χ1n) is 3.05. The largest absolute Gasteiger partial charge is 0.494 e. The van der Waals surface area contributed by atoms with E-state index in [2.05, 4.69) is 15.9 Å². The van der Waals surface area contributed by atoms with Gasteiger partial charge in [0, 0.05) is 0 Å². The van der Waals surface area contributed by atoms with Crippen LogP contribution >= 0.6 is 15.9 Å². The second-order valence-corrected chi connectivity index (χ2v) is 2.96. The van der Waals surface area contributed by atoms with Gasteiger partial charge in [-0.1, -0.05) is 0 Å². The molecule has 0 aliphatic rings. The molecular weight excluding hydrogens is 232 g/mol. The maximum atomic E-state index is 12.8. The van der Waals surface area contributed by atoms with Gasteiger partial charge in [-0.3, -0.25) is 0 Å². The Morgan fingerprint density at radius 3 is 2.50 bits per heavy atom. The summed E-state index contributed by atoms with van der Waals surface area (Å²) in [6.45, 7) is 0. The van der Waals surface area contributed by atoms with E-state index in [1.54, 1.807) is 0 Å². The Morgan fingerprint density at radius 2 is 2.00 bits per heavy atom. The van der Waals surface area contributed by atoms with Crippen LogP contribution in [0, 0.1) is 11.6 Å². The zero-order valence-corrected chi connectivity index (χ0v) is 7.78. The van der Waals surface area contributed by atoms with Crippen LogP contribution in [-0.4, -0.2) is 7.11 Å². The Labute approximate surface area is 76.4 Å². The molecule has 0 amide bonds. The minimum atomic E-state index is -1.10. The van der Waals surface area contributed by atoms with Crippen LogP contribution in [0.3, 0.4) is 0 Å². The molecule has 0 bridgehead atoms.